The fourth-order valence-electron chi connectivity index (χ4n) is 2.17. The molecule has 0 aliphatic rings. The maximum Gasteiger partial charge on any atom is -0.00367 e. The first-order valence-corrected chi connectivity index (χ1v) is 6.75. The lowest BCUT2D eigenvalue weighted by molar-refractivity contribution is 0.507. The summed E-state index contributed by atoms with van der Waals surface area (Å²) in [6, 6.07) is 6.86. The lowest BCUT2D eigenvalue weighted by atomic mass is 9.93. The van der Waals surface area contributed by atoms with Crippen molar-refractivity contribution >= 4 is 0 Å². The standard InChI is InChI=1S/C15H26N2/c1-3-12-5-7-14(4-2)15(9-12)8-6-13(10-16)11-17/h5,7,9,13H,3-4,6,8,10-11,16-17H2,1-2H3. The molecule has 0 bridgehead atoms. The maximum atomic E-state index is 5.69. The summed E-state index contributed by atoms with van der Waals surface area (Å²) in [6.07, 6.45) is 4.42. The van der Waals surface area contributed by atoms with Crippen LogP contribution >= 0.6 is 0 Å². The average Bonchev–Trinajstić information content (AvgIpc) is 2.39. The van der Waals surface area contributed by atoms with Crippen molar-refractivity contribution < 1.29 is 0 Å². The highest BCUT2D eigenvalue weighted by molar-refractivity contribution is 5.32. The first-order chi connectivity index (χ1) is 8.24. The molecule has 0 radical (unpaired) electrons. The fraction of sp³-hybridized carbons (Fsp3) is 0.600. The van der Waals surface area contributed by atoms with E-state index in [9.17, 15) is 0 Å². The first-order valence-electron chi connectivity index (χ1n) is 6.75. The number of benzene rings is 1. The summed E-state index contributed by atoms with van der Waals surface area (Å²) in [5.74, 6) is 0.463. The van der Waals surface area contributed by atoms with E-state index < -0.39 is 0 Å². The van der Waals surface area contributed by atoms with Gasteiger partial charge in [-0.2, -0.15) is 0 Å². The van der Waals surface area contributed by atoms with Crippen molar-refractivity contribution in [1.29, 1.82) is 0 Å². The van der Waals surface area contributed by atoms with Crippen LogP contribution in [-0.4, -0.2) is 13.1 Å². The SMILES string of the molecule is CCc1ccc(CC)c(CCC(CN)CN)c1. The zero-order chi connectivity index (χ0) is 12.7. The Hall–Kier alpha value is -0.860. The summed E-state index contributed by atoms with van der Waals surface area (Å²) in [5, 5.41) is 0. The van der Waals surface area contributed by atoms with Gasteiger partial charge >= 0.3 is 0 Å². The first kappa shape index (κ1) is 14.2. The second-order valence-corrected chi connectivity index (χ2v) is 4.69. The Morgan fingerprint density at radius 2 is 1.71 bits per heavy atom. The zero-order valence-corrected chi connectivity index (χ0v) is 11.2. The van der Waals surface area contributed by atoms with Crippen LogP contribution in [0.25, 0.3) is 0 Å². The highest BCUT2D eigenvalue weighted by Gasteiger charge is 2.07. The van der Waals surface area contributed by atoms with Gasteiger partial charge in [0.05, 0.1) is 0 Å². The van der Waals surface area contributed by atoms with Crippen LogP contribution in [0, 0.1) is 5.92 Å². The molecule has 4 N–H and O–H groups in total. The van der Waals surface area contributed by atoms with Crippen molar-refractivity contribution in [2.75, 3.05) is 13.1 Å². The van der Waals surface area contributed by atoms with Crippen LogP contribution in [0.4, 0.5) is 0 Å². The molecular weight excluding hydrogens is 208 g/mol. The molecule has 0 atom stereocenters. The molecule has 0 amide bonds. The number of nitrogens with two attached hydrogens (primary N) is 2. The number of rotatable bonds is 7. The van der Waals surface area contributed by atoms with E-state index >= 15 is 0 Å². The smallest absolute Gasteiger partial charge is 0.00367 e. The zero-order valence-electron chi connectivity index (χ0n) is 11.2. The minimum absolute atomic E-state index is 0.463. The maximum absolute atomic E-state index is 5.69. The lowest BCUT2D eigenvalue weighted by Gasteiger charge is -2.14. The van der Waals surface area contributed by atoms with E-state index in [0.29, 0.717) is 19.0 Å². The van der Waals surface area contributed by atoms with Gasteiger partial charge in [-0.05, 0) is 61.4 Å². The molecular formula is C15H26N2. The highest BCUT2D eigenvalue weighted by Crippen LogP contribution is 2.17. The summed E-state index contributed by atoms with van der Waals surface area (Å²) in [5.41, 5.74) is 15.8. The summed E-state index contributed by atoms with van der Waals surface area (Å²) in [4.78, 5) is 0. The Morgan fingerprint density at radius 1 is 1.00 bits per heavy atom. The summed E-state index contributed by atoms with van der Waals surface area (Å²) in [6.45, 7) is 5.82. The number of hydrogen-bond donors (Lipinski definition) is 2. The van der Waals surface area contributed by atoms with Crippen molar-refractivity contribution in [3.63, 3.8) is 0 Å². The van der Waals surface area contributed by atoms with Crippen LogP contribution in [0.5, 0.6) is 0 Å². The highest BCUT2D eigenvalue weighted by atomic mass is 14.6. The molecule has 0 saturated heterocycles. The summed E-state index contributed by atoms with van der Waals surface area (Å²) < 4.78 is 0. The van der Waals surface area contributed by atoms with Crippen LogP contribution in [0.15, 0.2) is 18.2 Å². The van der Waals surface area contributed by atoms with Gasteiger partial charge in [0.15, 0.2) is 0 Å². The molecule has 0 fully saturated rings. The third-order valence-corrected chi connectivity index (χ3v) is 3.55. The Balaban J connectivity index is 2.73. The lowest BCUT2D eigenvalue weighted by Crippen LogP contribution is -2.23. The number of hydrogen-bond acceptors (Lipinski definition) is 2. The largest absolute Gasteiger partial charge is 0.330 e. The topological polar surface area (TPSA) is 52.0 Å². The third kappa shape index (κ3) is 4.14. The van der Waals surface area contributed by atoms with Gasteiger partial charge < -0.3 is 11.5 Å². The normalized spacial score (nSPS) is 11.1. The van der Waals surface area contributed by atoms with Crippen LogP contribution in [0.3, 0.4) is 0 Å². The fourth-order valence-corrected chi connectivity index (χ4v) is 2.17. The Bertz CT molecular complexity index is 330. The molecule has 1 aromatic carbocycles. The van der Waals surface area contributed by atoms with Crippen molar-refractivity contribution in [1.82, 2.24) is 0 Å². The summed E-state index contributed by atoms with van der Waals surface area (Å²) >= 11 is 0. The van der Waals surface area contributed by atoms with Crippen LogP contribution < -0.4 is 11.5 Å². The van der Waals surface area contributed by atoms with Gasteiger partial charge in [-0.15, -0.1) is 0 Å². The molecule has 0 unspecified atom stereocenters. The molecule has 1 rings (SSSR count). The molecule has 0 spiro atoms. The van der Waals surface area contributed by atoms with Gasteiger partial charge in [0, 0.05) is 0 Å². The molecule has 2 nitrogen and oxygen atoms in total. The molecule has 0 heterocycles. The van der Waals surface area contributed by atoms with E-state index in [0.717, 1.165) is 25.7 Å². The molecule has 17 heavy (non-hydrogen) atoms. The minimum Gasteiger partial charge on any atom is -0.330 e. The summed E-state index contributed by atoms with van der Waals surface area (Å²) in [7, 11) is 0. The van der Waals surface area contributed by atoms with Gasteiger partial charge in [0.2, 0.25) is 0 Å². The van der Waals surface area contributed by atoms with E-state index in [1.165, 1.54) is 16.7 Å². The van der Waals surface area contributed by atoms with Crippen molar-refractivity contribution in [3.05, 3.63) is 34.9 Å². The van der Waals surface area contributed by atoms with Gasteiger partial charge in [-0.25, -0.2) is 0 Å². The number of aryl methyl sites for hydroxylation is 3. The molecule has 0 aliphatic carbocycles. The molecule has 0 saturated carbocycles. The van der Waals surface area contributed by atoms with Gasteiger partial charge in [0.1, 0.15) is 0 Å². The second-order valence-electron chi connectivity index (χ2n) is 4.69. The molecule has 96 valence electrons. The van der Waals surface area contributed by atoms with Gasteiger partial charge in [-0.1, -0.05) is 32.0 Å². The molecule has 0 aromatic heterocycles. The Kier molecular flexibility index (Phi) is 6.23. The quantitative estimate of drug-likeness (QED) is 0.760. The van der Waals surface area contributed by atoms with Crippen LogP contribution in [0.2, 0.25) is 0 Å². The third-order valence-electron chi connectivity index (χ3n) is 3.55. The van der Waals surface area contributed by atoms with E-state index in [-0.39, 0.29) is 0 Å². The van der Waals surface area contributed by atoms with Crippen molar-refractivity contribution in [2.24, 2.45) is 17.4 Å². The van der Waals surface area contributed by atoms with E-state index in [1.54, 1.807) is 0 Å². The van der Waals surface area contributed by atoms with E-state index in [2.05, 4.69) is 32.0 Å². The molecule has 1 aromatic rings. The van der Waals surface area contributed by atoms with Crippen LogP contribution in [-0.2, 0) is 19.3 Å². The van der Waals surface area contributed by atoms with E-state index in [4.69, 9.17) is 11.5 Å². The van der Waals surface area contributed by atoms with E-state index in [1.807, 2.05) is 0 Å². The Morgan fingerprint density at radius 3 is 2.24 bits per heavy atom. The average molecular weight is 234 g/mol. The predicted molar refractivity (Wildman–Crippen MR) is 75.1 cm³/mol. The minimum atomic E-state index is 0.463. The predicted octanol–water partition coefficient (Wildman–Crippen LogP) is 2.28. The second kappa shape index (κ2) is 7.46. The molecule has 2 heteroatoms. The van der Waals surface area contributed by atoms with Gasteiger partial charge in [-0.3, -0.25) is 0 Å². The monoisotopic (exact) mass is 234 g/mol. The van der Waals surface area contributed by atoms with Crippen LogP contribution in [0.1, 0.15) is 37.0 Å². The van der Waals surface area contributed by atoms with Gasteiger partial charge in [0.25, 0.3) is 0 Å². The van der Waals surface area contributed by atoms with Crippen molar-refractivity contribution in [2.45, 2.75) is 39.5 Å². The Labute approximate surface area is 105 Å². The van der Waals surface area contributed by atoms with Crippen molar-refractivity contribution in [3.8, 4) is 0 Å². The molecule has 0 aliphatic heterocycles.